The summed E-state index contributed by atoms with van der Waals surface area (Å²) in [7, 11) is 0. The molecule has 266 valence electrons. The Morgan fingerprint density at radius 2 is 1.53 bits per heavy atom. The lowest BCUT2D eigenvalue weighted by Gasteiger charge is -2.64. The molecule has 4 aliphatic carbocycles. The Morgan fingerprint density at radius 1 is 0.830 bits per heavy atom. The maximum atomic E-state index is 12.5. The Balaban J connectivity index is 1.01. The van der Waals surface area contributed by atoms with Gasteiger partial charge in [-0.15, -0.1) is 0 Å². The highest BCUT2D eigenvalue weighted by Crippen LogP contribution is 2.70. The molecule has 12 nitrogen and oxygen atoms in total. The molecule has 8 N–H and O–H groups in total. The molecule has 0 radical (unpaired) electrons. The third-order valence-corrected chi connectivity index (χ3v) is 14.4. The molecule has 4 saturated carbocycles. The molecule has 0 aromatic rings. The van der Waals surface area contributed by atoms with E-state index >= 15 is 0 Å². The number of carbonyl (C=O) groups is 1. The van der Waals surface area contributed by atoms with Gasteiger partial charge in [0.2, 0.25) is 0 Å². The first-order valence-corrected chi connectivity index (χ1v) is 17.9. The summed E-state index contributed by atoms with van der Waals surface area (Å²) in [6.45, 7) is 8.52. The molecule has 0 spiro atoms. The summed E-state index contributed by atoms with van der Waals surface area (Å²) in [5, 5.41) is 44.9. The Bertz CT molecular complexity index is 1240. The number of aliphatic hydroxyl groups excluding tert-OH is 3. The van der Waals surface area contributed by atoms with E-state index in [9.17, 15) is 25.2 Å². The summed E-state index contributed by atoms with van der Waals surface area (Å²) in [6, 6.07) is -1.49. The molecular formula is C35H56N2O10. The van der Waals surface area contributed by atoms with Crippen molar-refractivity contribution in [2.24, 2.45) is 46.0 Å². The summed E-state index contributed by atoms with van der Waals surface area (Å²) in [5.41, 5.74) is 12.5. The standard InChI is InChI=1S/C35H56N2O10/c1-16-25(36)27(39)28(40)31(44-16)47-30-26(37)17(2)45-32(29(30)41)46-20-7-10-33(3)19(14-20)5-6-23-22(33)8-11-34(4)21(9-12-35(23,34)42)18-13-24(38)43-15-18/h13,16-17,19-23,25-32,39-42H,5-12,14-15,36-37H2,1-4H3/t16?,17?,19-,20+,21-,22?,23-,25+,26+,27?,28+,29+,30?,31+,32+,33?,34?,35+/m1/s1. The molecule has 7 unspecified atom stereocenters. The van der Waals surface area contributed by atoms with Gasteiger partial charge in [0.25, 0.3) is 0 Å². The van der Waals surface area contributed by atoms with Crippen LogP contribution in [0.25, 0.3) is 0 Å². The third-order valence-electron chi connectivity index (χ3n) is 14.4. The highest BCUT2D eigenvalue weighted by Gasteiger charge is 2.68. The zero-order valence-electron chi connectivity index (χ0n) is 28.2. The number of hydrogen-bond donors (Lipinski definition) is 6. The van der Waals surface area contributed by atoms with Crippen LogP contribution in [0.3, 0.4) is 0 Å². The van der Waals surface area contributed by atoms with E-state index in [-0.39, 0.29) is 34.7 Å². The predicted octanol–water partition coefficient (Wildman–Crippen LogP) is 1.24. The highest BCUT2D eigenvalue weighted by molar-refractivity contribution is 5.85. The van der Waals surface area contributed by atoms with E-state index in [2.05, 4.69) is 13.8 Å². The van der Waals surface area contributed by atoms with Gasteiger partial charge in [-0.1, -0.05) is 13.8 Å². The monoisotopic (exact) mass is 664 g/mol. The van der Waals surface area contributed by atoms with Crippen molar-refractivity contribution < 1.29 is 48.9 Å². The van der Waals surface area contributed by atoms with Crippen LogP contribution < -0.4 is 11.5 Å². The van der Waals surface area contributed by atoms with Gasteiger partial charge >= 0.3 is 5.97 Å². The van der Waals surface area contributed by atoms with Crippen molar-refractivity contribution in [2.75, 3.05) is 6.61 Å². The zero-order chi connectivity index (χ0) is 33.6. The smallest absolute Gasteiger partial charge is 0.331 e. The quantitative estimate of drug-likeness (QED) is 0.182. The molecule has 0 bridgehead atoms. The first-order valence-electron chi connectivity index (χ1n) is 17.9. The number of cyclic esters (lactones) is 1. The number of rotatable bonds is 5. The highest BCUT2D eigenvalue weighted by atomic mass is 16.7. The Labute approximate surface area is 277 Å². The van der Waals surface area contributed by atoms with Crippen LogP contribution in [0.15, 0.2) is 11.6 Å². The molecule has 0 aromatic heterocycles. The van der Waals surface area contributed by atoms with E-state index in [4.69, 9.17) is 35.2 Å². The number of aliphatic hydroxyl groups is 4. The van der Waals surface area contributed by atoms with Crippen molar-refractivity contribution in [3.63, 3.8) is 0 Å². The second-order valence-electron chi connectivity index (χ2n) is 16.5. The van der Waals surface area contributed by atoms with Gasteiger partial charge in [-0.2, -0.15) is 0 Å². The van der Waals surface area contributed by atoms with E-state index in [0.29, 0.717) is 18.4 Å². The molecular weight excluding hydrogens is 608 g/mol. The van der Waals surface area contributed by atoms with Gasteiger partial charge in [0.15, 0.2) is 12.6 Å². The number of esters is 1. The number of hydrogen-bond acceptors (Lipinski definition) is 12. The first kappa shape index (κ1) is 34.3. The van der Waals surface area contributed by atoms with Gasteiger partial charge in [0, 0.05) is 11.5 Å². The number of ether oxygens (including phenoxy) is 5. The van der Waals surface area contributed by atoms with Crippen molar-refractivity contribution in [3.05, 3.63) is 11.6 Å². The van der Waals surface area contributed by atoms with E-state index in [1.807, 2.05) is 0 Å². The molecule has 7 rings (SSSR count). The minimum atomic E-state index is -1.40. The van der Waals surface area contributed by atoms with Crippen LogP contribution in [0.1, 0.15) is 85.5 Å². The summed E-state index contributed by atoms with van der Waals surface area (Å²) >= 11 is 0. The van der Waals surface area contributed by atoms with Crippen LogP contribution in [-0.2, 0) is 28.5 Å². The SMILES string of the molecule is CC1O[C@@H](OC2[C@@H](N)C(C)O[C@@H](O[C@H]3CCC4(C)C5CCC6(C)[C@@H](C7=CC(=O)OC7)CC[C@]6(O)[C@@H]5CC[C@@H]4C3)[C@H]2O)[C@@H](O)C(O)[C@H]1N. The molecule has 0 amide bonds. The van der Waals surface area contributed by atoms with Gasteiger partial charge in [0.1, 0.15) is 31.0 Å². The van der Waals surface area contributed by atoms with Gasteiger partial charge in [-0.3, -0.25) is 0 Å². The maximum absolute atomic E-state index is 12.5. The predicted molar refractivity (Wildman–Crippen MR) is 168 cm³/mol. The van der Waals surface area contributed by atoms with Gasteiger partial charge in [-0.25, -0.2) is 4.79 Å². The lowest BCUT2D eigenvalue weighted by molar-refractivity contribution is -0.337. The Morgan fingerprint density at radius 3 is 2.23 bits per heavy atom. The zero-order valence-corrected chi connectivity index (χ0v) is 28.2. The summed E-state index contributed by atoms with van der Waals surface area (Å²) in [6.07, 6.45) is 1.69. The number of fused-ring (bicyclic) bond motifs is 5. The van der Waals surface area contributed by atoms with Crippen molar-refractivity contribution >= 4 is 5.97 Å². The maximum Gasteiger partial charge on any atom is 0.331 e. The Kier molecular flexibility index (Phi) is 8.93. The molecule has 7 aliphatic rings. The van der Waals surface area contributed by atoms with E-state index < -0.39 is 66.9 Å². The van der Waals surface area contributed by atoms with Crippen molar-refractivity contribution in [1.82, 2.24) is 0 Å². The first-order chi connectivity index (χ1) is 22.2. The molecule has 2 saturated heterocycles. The number of nitrogens with two attached hydrogens (primary N) is 2. The molecule has 3 aliphatic heterocycles. The fraction of sp³-hybridized carbons (Fsp3) is 0.914. The van der Waals surface area contributed by atoms with Crippen molar-refractivity contribution in [3.8, 4) is 0 Å². The summed E-state index contributed by atoms with van der Waals surface area (Å²) in [5.74, 6) is 0.971. The van der Waals surface area contributed by atoms with Crippen LogP contribution in [-0.4, -0.2) is 106 Å². The van der Waals surface area contributed by atoms with Crippen molar-refractivity contribution in [2.45, 2.75) is 158 Å². The van der Waals surface area contributed by atoms with Gasteiger partial charge in [-0.05, 0) is 106 Å². The molecule has 6 fully saturated rings. The average molecular weight is 665 g/mol. The third kappa shape index (κ3) is 5.36. The fourth-order valence-electron chi connectivity index (χ4n) is 11.3. The lowest BCUT2D eigenvalue weighted by Crippen LogP contribution is -2.66. The van der Waals surface area contributed by atoms with E-state index in [0.717, 1.165) is 63.4 Å². The van der Waals surface area contributed by atoms with Crippen LogP contribution in [0.2, 0.25) is 0 Å². The topological polar surface area (TPSA) is 196 Å². The second kappa shape index (κ2) is 12.2. The van der Waals surface area contributed by atoms with Crippen LogP contribution in [0, 0.1) is 34.5 Å². The van der Waals surface area contributed by atoms with Crippen LogP contribution in [0.5, 0.6) is 0 Å². The second-order valence-corrected chi connectivity index (χ2v) is 16.5. The molecule has 12 heteroatoms. The lowest BCUT2D eigenvalue weighted by atomic mass is 9.43. The summed E-state index contributed by atoms with van der Waals surface area (Å²) < 4.78 is 29.6. The minimum absolute atomic E-state index is 0.0732. The van der Waals surface area contributed by atoms with Crippen LogP contribution >= 0.6 is 0 Å². The average Bonchev–Trinajstić information content (AvgIpc) is 3.58. The Hall–Kier alpha value is -1.19. The van der Waals surface area contributed by atoms with E-state index in [1.165, 1.54) is 0 Å². The molecule has 47 heavy (non-hydrogen) atoms. The largest absolute Gasteiger partial charge is 0.458 e. The fourth-order valence-corrected chi connectivity index (χ4v) is 11.3. The summed E-state index contributed by atoms with van der Waals surface area (Å²) in [4.78, 5) is 11.9. The number of carbonyl (C=O) groups excluding carboxylic acids is 1. The van der Waals surface area contributed by atoms with E-state index in [1.54, 1.807) is 19.9 Å². The van der Waals surface area contributed by atoms with Gasteiger partial charge < -0.3 is 55.6 Å². The molecule has 18 atom stereocenters. The molecule has 0 aromatic carbocycles. The van der Waals surface area contributed by atoms with Gasteiger partial charge in [0.05, 0.1) is 36.0 Å². The molecule has 3 heterocycles. The normalized spacial score (nSPS) is 56.3. The van der Waals surface area contributed by atoms with Crippen LogP contribution in [0.4, 0.5) is 0 Å². The van der Waals surface area contributed by atoms with Crippen molar-refractivity contribution in [1.29, 1.82) is 0 Å². The minimum Gasteiger partial charge on any atom is -0.458 e.